The van der Waals surface area contributed by atoms with Crippen molar-refractivity contribution in [3.8, 4) is 0 Å². The third-order valence-corrected chi connectivity index (χ3v) is 6.54. The smallest absolute Gasteiger partial charge is 0.367 e. The molecule has 3 fully saturated rings. The number of halogens is 4. The van der Waals surface area contributed by atoms with Crippen LogP contribution in [0, 0.1) is 24.3 Å². The summed E-state index contributed by atoms with van der Waals surface area (Å²) in [6.07, 6.45) is -4.68. The van der Waals surface area contributed by atoms with E-state index in [0.717, 1.165) is 12.1 Å². The van der Waals surface area contributed by atoms with Gasteiger partial charge >= 0.3 is 6.18 Å². The summed E-state index contributed by atoms with van der Waals surface area (Å²) in [6, 6.07) is 2.69. The van der Waals surface area contributed by atoms with Gasteiger partial charge in [-0.15, -0.1) is 0 Å². The van der Waals surface area contributed by atoms with E-state index in [-0.39, 0.29) is 12.1 Å². The summed E-state index contributed by atoms with van der Waals surface area (Å²) in [4.78, 5) is 41.7. The summed E-state index contributed by atoms with van der Waals surface area (Å²) in [5.41, 5.74) is -4.57. The second-order valence-electron chi connectivity index (χ2n) is 7.94. The zero-order chi connectivity index (χ0) is 21.5. The lowest BCUT2D eigenvalue weighted by atomic mass is 9.64. The fourth-order valence-electron chi connectivity index (χ4n) is 5.10. The molecular formula is C19H14ClF3N2O4. The first-order valence-corrected chi connectivity index (χ1v) is 9.09. The van der Waals surface area contributed by atoms with Gasteiger partial charge in [-0.1, -0.05) is 6.07 Å². The first kappa shape index (κ1) is 19.9. The number of rotatable bonds is 2. The third-order valence-electron chi connectivity index (χ3n) is 6.27. The molecule has 0 N–H and O–H groups in total. The molecule has 2 amide bonds. The Labute approximate surface area is 168 Å². The molecular weight excluding hydrogens is 413 g/mol. The van der Waals surface area contributed by atoms with Crippen LogP contribution < -0.4 is 4.90 Å². The van der Waals surface area contributed by atoms with Crippen molar-refractivity contribution in [2.75, 3.05) is 4.90 Å². The Bertz CT molecular complexity index is 1020. The average Bonchev–Trinajstić information content (AvgIpc) is 3.15. The minimum absolute atomic E-state index is 0.143. The van der Waals surface area contributed by atoms with Crippen molar-refractivity contribution in [2.45, 2.75) is 37.6 Å². The normalized spacial score (nSPS) is 35.8. The monoisotopic (exact) mass is 426 g/mol. The first-order valence-electron chi connectivity index (χ1n) is 8.71. The molecule has 1 aromatic rings. The number of carbonyl (C=O) groups excluding carboxylic acids is 3. The van der Waals surface area contributed by atoms with Gasteiger partial charge in [-0.2, -0.15) is 13.2 Å². The van der Waals surface area contributed by atoms with Crippen molar-refractivity contribution in [2.24, 2.45) is 17.8 Å². The zero-order valence-corrected chi connectivity index (χ0v) is 16.0. The van der Waals surface area contributed by atoms with Gasteiger partial charge in [0.15, 0.2) is 5.69 Å². The fraction of sp³-hybridized carbons (Fsp3) is 0.474. The maximum absolute atomic E-state index is 13.3. The van der Waals surface area contributed by atoms with E-state index in [1.54, 1.807) is 6.92 Å². The van der Waals surface area contributed by atoms with Crippen LogP contribution in [0.1, 0.15) is 25.8 Å². The number of fused-ring (bicyclic) bond motifs is 5. The van der Waals surface area contributed by atoms with Crippen molar-refractivity contribution in [3.63, 3.8) is 0 Å². The maximum atomic E-state index is 13.3. The van der Waals surface area contributed by atoms with E-state index >= 15 is 0 Å². The quantitative estimate of drug-likeness (QED) is 0.411. The van der Waals surface area contributed by atoms with Gasteiger partial charge < -0.3 is 4.74 Å². The summed E-state index contributed by atoms with van der Waals surface area (Å²) in [5, 5.41) is -0.686. The van der Waals surface area contributed by atoms with Gasteiger partial charge in [-0.3, -0.25) is 14.4 Å². The molecule has 2 unspecified atom stereocenters. The molecule has 29 heavy (non-hydrogen) atoms. The highest BCUT2D eigenvalue weighted by atomic mass is 35.5. The topological polar surface area (TPSA) is 68.0 Å². The van der Waals surface area contributed by atoms with Gasteiger partial charge in [0.05, 0.1) is 41.1 Å². The average molecular weight is 427 g/mol. The summed E-state index contributed by atoms with van der Waals surface area (Å²) < 4.78 is 45.9. The van der Waals surface area contributed by atoms with Crippen LogP contribution >= 0.6 is 11.6 Å². The van der Waals surface area contributed by atoms with E-state index in [1.165, 1.54) is 6.92 Å². The maximum Gasteiger partial charge on any atom is 0.407 e. The molecule has 2 bridgehead atoms. The molecule has 1 aromatic carbocycles. The lowest BCUT2D eigenvalue weighted by molar-refractivity contribution is -0.137. The summed E-state index contributed by atoms with van der Waals surface area (Å²) in [5.74, 6) is -4.19. The number of hydrogen-bond donors (Lipinski definition) is 0. The van der Waals surface area contributed by atoms with Crippen molar-refractivity contribution in [1.29, 1.82) is 0 Å². The molecule has 0 radical (unpaired) electrons. The number of ether oxygens (including phenoxy) is 1. The molecule has 4 rings (SSSR count). The number of nitrogens with zero attached hydrogens (tertiary/aromatic N) is 2. The Morgan fingerprint density at radius 2 is 1.90 bits per heavy atom. The molecule has 3 saturated heterocycles. The lowest BCUT2D eigenvalue weighted by Gasteiger charge is -2.33. The molecule has 0 aliphatic carbocycles. The Balaban J connectivity index is 1.81. The van der Waals surface area contributed by atoms with Crippen molar-refractivity contribution >= 4 is 40.0 Å². The van der Waals surface area contributed by atoms with Gasteiger partial charge in [0.2, 0.25) is 17.1 Å². The summed E-state index contributed by atoms with van der Waals surface area (Å²) in [6.45, 7) is 10.1. The fourth-order valence-corrected chi connectivity index (χ4v) is 5.40. The highest BCUT2D eigenvalue weighted by molar-refractivity contribution is 6.64. The van der Waals surface area contributed by atoms with Gasteiger partial charge in [0, 0.05) is 5.69 Å². The van der Waals surface area contributed by atoms with E-state index in [2.05, 4.69) is 4.85 Å². The predicted octanol–water partition coefficient (Wildman–Crippen LogP) is 3.69. The van der Waals surface area contributed by atoms with Crippen LogP contribution in [0.5, 0.6) is 0 Å². The standard InChI is InChI=1S/C19H14ClF3N2O4/c1-17-7-10(14(20)26)18(2,29-17)13-12(17)15(27)25(16(13)28)8-4-5-11(24-3)9(6-8)19(21,22)23/h4-6,10,12-13H,7H2,1-2H3/t10-,12+,13-,17?,18?/m0/s1. The second-order valence-corrected chi connectivity index (χ2v) is 8.31. The van der Waals surface area contributed by atoms with E-state index < -0.39 is 63.4 Å². The first-order chi connectivity index (χ1) is 13.3. The zero-order valence-electron chi connectivity index (χ0n) is 15.2. The van der Waals surface area contributed by atoms with E-state index in [4.69, 9.17) is 22.9 Å². The van der Waals surface area contributed by atoms with Crippen LogP contribution in [0.15, 0.2) is 18.2 Å². The van der Waals surface area contributed by atoms with Crippen molar-refractivity contribution in [3.05, 3.63) is 35.2 Å². The largest absolute Gasteiger partial charge is 0.407 e. The molecule has 3 aliphatic rings. The molecule has 0 spiro atoms. The Morgan fingerprint density at radius 3 is 2.45 bits per heavy atom. The molecule has 0 aromatic heterocycles. The van der Waals surface area contributed by atoms with Gasteiger partial charge in [0.1, 0.15) is 0 Å². The van der Waals surface area contributed by atoms with E-state index in [9.17, 15) is 27.6 Å². The third kappa shape index (κ3) is 2.49. The van der Waals surface area contributed by atoms with E-state index in [0.29, 0.717) is 11.0 Å². The van der Waals surface area contributed by atoms with Crippen molar-refractivity contribution in [1.82, 2.24) is 0 Å². The number of alkyl halides is 3. The van der Waals surface area contributed by atoms with Gasteiger partial charge in [-0.25, -0.2) is 9.74 Å². The molecule has 152 valence electrons. The summed E-state index contributed by atoms with van der Waals surface area (Å²) in [7, 11) is 0. The van der Waals surface area contributed by atoms with Crippen LogP contribution in [0.3, 0.4) is 0 Å². The highest BCUT2D eigenvalue weighted by Gasteiger charge is 2.76. The van der Waals surface area contributed by atoms with Gasteiger partial charge in [-0.05, 0) is 44.0 Å². The Morgan fingerprint density at radius 1 is 1.28 bits per heavy atom. The Kier molecular flexibility index (Phi) is 3.97. The number of anilines is 1. The number of hydrogen-bond acceptors (Lipinski definition) is 4. The molecule has 10 heteroatoms. The van der Waals surface area contributed by atoms with Crippen LogP contribution in [-0.2, 0) is 25.3 Å². The molecule has 0 saturated carbocycles. The SMILES string of the molecule is [C-]#[N+]c1ccc(N2C(=O)[C@@H]3[C@H](C2=O)C2(C)C[C@@H](C(=O)Cl)C3(C)O2)cc1C(F)(F)F. The van der Waals surface area contributed by atoms with Gasteiger partial charge in [0.25, 0.3) is 0 Å². The number of imide groups is 1. The van der Waals surface area contributed by atoms with Crippen LogP contribution in [0.2, 0.25) is 0 Å². The molecule has 3 aliphatic heterocycles. The minimum Gasteiger partial charge on any atom is -0.367 e. The highest BCUT2D eigenvalue weighted by Crippen LogP contribution is 2.63. The number of benzene rings is 1. The number of carbonyl (C=O) groups is 3. The van der Waals surface area contributed by atoms with E-state index in [1.807, 2.05) is 0 Å². The second kappa shape index (κ2) is 5.80. The molecule has 3 heterocycles. The van der Waals surface area contributed by atoms with Crippen LogP contribution in [0.4, 0.5) is 24.5 Å². The summed E-state index contributed by atoms with van der Waals surface area (Å²) >= 11 is 5.68. The minimum atomic E-state index is -4.83. The Hall–Kier alpha value is -2.44. The number of amides is 2. The molecule has 6 nitrogen and oxygen atoms in total. The van der Waals surface area contributed by atoms with Crippen LogP contribution in [0.25, 0.3) is 4.85 Å². The predicted molar refractivity (Wildman–Crippen MR) is 94.0 cm³/mol. The molecule has 5 atom stereocenters. The van der Waals surface area contributed by atoms with Crippen molar-refractivity contribution < 1.29 is 32.3 Å². The lowest BCUT2D eigenvalue weighted by Crippen LogP contribution is -2.48. The van der Waals surface area contributed by atoms with Crippen LogP contribution in [-0.4, -0.2) is 28.3 Å².